The van der Waals surface area contributed by atoms with E-state index in [1.54, 1.807) is 47.9 Å². The average Bonchev–Trinajstić information content (AvgIpc) is 3.05. The van der Waals surface area contributed by atoms with Crippen LogP contribution in [0.5, 0.6) is 17.4 Å². The van der Waals surface area contributed by atoms with Gasteiger partial charge in [-0.1, -0.05) is 6.07 Å². The summed E-state index contributed by atoms with van der Waals surface area (Å²) in [5.74, 6) is 1.86. The van der Waals surface area contributed by atoms with Crippen LogP contribution in [0.3, 0.4) is 0 Å². The summed E-state index contributed by atoms with van der Waals surface area (Å²) in [6, 6.07) is 9.94. The van der Waals surface area contributed by atoms with Crippen LogP contribution in [0.15, 0.2) is 36.4 Å². The van der Waals surface area contributed by atoms with E-state index in [0.717, 1.165) is 0 Å². The number of aromatic nitrogens is 3. The van der Waals surface area contributed by atoms with Crippen LogP contribution in [-0.2, 0) is 0 Å². The van der Waals surface area contributed by atoms with Crippen molar-refractivity contribution in [2.45, 2.75) is 6.92 Å². The van der Waals surface area contributed by atoms with Crippen LogP contribution in [0, 0.1) is 0 Å². The fraction of sp³-hybridized carbons (Fsp3) is 0.235. The third-order valence-corrected chi connectivity index (χ3v) is 3.56. The van der Waals surface area contributed by atoms with Crippen molar-refractivity contribution in [3.63, 3.8) is 0 Å². The Morgan fingerprint density at radius 1 is 1.12 bits per heavy atom. The van der Waals surface area contributed by atoms with Crippen LogP contribution in [0.25, 0.3) is 5.65 Å². The SMILES string of the molecule is CCOc1cccc2nnc(NC(=O)Nc3cc(OC)ccc3OC)n12. The molecule has 1 aromatic carbocycles. The van der Waals surface area contributed by atoms with Crippen LogP contribution < -0.4 is 24.8 Å². The quantitative estimate of drug-likeness (QED) is 0.704. The van der Waals surface area contributed by atoms with E-state index in [2.05, 4.69) is 20.8 Å². The van der Waals surface area contributed by atoms with Gasteiger partial charge in [0, 0.05) is 6.07 Å². The van der Waals surface area contributed by atoms with Gasteiger partial charge in [0.05, 0.1) is 26.5 Å². The fourth-order valence-corrected chi connectivity index (χ4v) is 2.42. The lowest BCUT2D eigenvalue weighted by Crippen LogP contribution is -2.21. The van der Waals surface area contributed by atoms with Crippen molar-refractivity contribution in [2.24, 2.45) is 0 Å². The van der Waals surface area contributed by atoms with E-state index in [-0.39, 0.29) is 5.95 Å². The zero-order chi connectivity index (χ0) is 18.5. The number of carbonyl (C=O) groups excluding carboxylic acids is 1. The topological polar surface area (TPSA) is 99.0 Å². The lowest BCUT2D eigenvalue weighted by atomic mass is 10.2. The van der Waals surface area contributed by atoms with E-state index in [4.69, 9.17) is 14.2 Å². The van der Waals surface area contributed by atoms with Gasteiger partial charge in [-0.3, -0.25) is 5.32 Å². The molecule has 0 radical (unpaired) electrons. The molecule has 0 atom stereocenters. The van der Waals surface area contributed by atoms with Gasteiger partial charge in [0.25, 0.3) is 0 Å². The average molecular weight is 357 g/mol. The normalized spacial score (nSPS) is 10.4. The number of anilines is 2. The Balaban J connectivity index is 1.84. The highest BCUT2D eigenvalue weighted by Crippen LogP contribution is 2.29. The maximum Gasteiger partial charge on any atom is 0.326 e. The lowest BCUT2D eigenvalue weighted by Gasteiger charge is -2.12. The van der Waals surface area contributed by atoms with Crippen molar-refractivity contribution in [3.05, 3.63) is 36.4 Å². The molecule has 136 valence electrons. The van der Waals surface area contributed by atoms with Crippen molar-refractivity contribution < 1.29 is 19.0 Å². The third kappa shape index (κ3) is 3.46. The second kappa shape index (κ2) is 7.60. The number of rotatable bonds is 6. The van der Waals surface area contributed by atoms with E-state index in [1.165, 1.54) is 7.11 Å². The largest absolute Gasteiger partial charge is 0.497 e. The first-order valence-electron chi connectivity index (χ1n) is 7.93. The summed E-state index contributed by atoms with van der Waals surface area (Å²) in [5, 5.41) is 13.4. The first-order chi connectivity index (χ1) is 12.7. The molecule has 9 heteroatoms. The number of amides is 2. The zero-order valence-corrected chi connectivity index (χ0v) is 14.6. The minimum Gasteiger partial charge on any atom is -0.497 e. The van der Waals surface area contributed by atoms with Crippen LogP contribution in [0.4, 0.5) is 16.4 Å². The minimum absolute atomic E-state index is 0.239. The maximum atomic E-state index is 12.4. The summed E-state index contributed by atoms with van der Waals surface area (Å²) >= 11 is 0. The van der Waals surface area contributed by atoms with Gasteiger partial charge in [-0.05, 0) is 31.2 Å². The number of carbonyl (C=O) groups is 1. The Labute approximate surface area is 149 Å². The molecule has 26 heavy (non-hydrogen) atoms. The molecule has 0 spiro atoms. The zero-order valence-electron chi connectivity index (χ0n) is 14.6. The highest BCUT2D eigenvalue weighted by molar-refractivity contribution is 6.00. The van der Waals surface area contributed by atoms with E-state index in [9.17, 15) is 4.79 Å². The van der Waals surface area contributed by atoms with Crippen LogP contribution in [0.2, 0.25) is 0 Å². The van der Waals surface area contributed by atoms with Crippen molar-refractivity contribution in [3.8, 4) is 17.4 Å². The Kier molecular flexibility index (Phi) is 5.07. The number of ether oxygens (including phenoxy) is 3. The van der Waals surface area contributed by atoms with Crippen molar-refractivity contribution >= 4 is 23.3 Å². The Morgan fingerprint density at radius 3 is 2.69 bits per heavy atom. The second-order valence-corrected chi connectivity index (χ2v) is 5.16. The maximum absolute atomic E-state index is 12.4. The molecule has 2 amide bonds. The summed E-state index contributed by atoms with van der Waals surface area (Å²) in [6.45, 7) is 2.35. The minimum atomic E-state index is -0.503. The molecule has 0 aliphatic rings. The number of nitrogens with zero attached hydrogens (tertiary/aromatic N) is 3. The molecule has 0 aliphatic carbocycles. The highest BCUT2D eigenvalue weighted by atomic mass is 16.5. The summed E-state index contributed by atoms with van der Waals surface area (Å²) in [5.41, 5.74) is 1.02. The fourth-order valence-electron chi connectivity index (χ4n) is 2.42. The second-order valence-electron chi connectivity index (χ2n) is 5.16. The Bertz CT molecular complexity index is 925. The number of hydrogen-bond acceptors (Lipinski definition) is 6. The number of methoxy groups -OCH3 is 2. The molecule has 0 saturated heterocycles. The first-order valence-corrected chi connectivity index (χ1v) is 7.93. The molecule has 0 aliphatic heterocycles. The number of urea groups is 1. The molecule has 0 fully saturated rings. The monoisotopic (exact) mass is 357 g/mol. The van der Waals surface area contributed by atoms with Gasteiger partial charge >= 0.3 is 6.03 Å². The Morgan fingerprint density at radius 2 is 1.96 bits per heavy atom. The standard InChI is InChI=1S/C17H19N5O4/c1-4-26-15-7-5-6-14-20-21-16(22(14)15)19-17(23)18-12-10-11(24-2)8-9-13(12)25-3/h5-10H,4H2,1-3H3,(H2,18,19,21,23). The Hall–Kier alpha value is -3.49. The smallest absolute Gasteiger partial charge is 0.326 e. The molecule has 0 bridgehead atoms. The van der Waals surface area contributed by atoms with Crippen LogP contribution >= 0.6 is 0 Å². The predicted molar refractivity (Wildman–Crippen MR) is 96.3 cm³/mol. The number of benzene rings is 1. The number of fused-ring (bicyclic) bond motifs is 1. The van der Waals surface area contributed by atoms with Gasteiger partial charge in [-0.2, -0.15) is 0 Å². The number of pyridine rings is 1. The highest BCUT2D eigenvalue weighted by Gasteiger charge is 2.14. The van der Waals surface area contributed by atoms with Crippen molar-refractivity contribution in [1.29, 1.82) is 0 Å². The molecule has 2 heterocycles. The van der Waals surface area contributed by atoms with E-state index < -0.39 is 6.03 Å². The summed E-state index contributed by atoms with van der Waals surface area (Å²) in [7, 11) is 3.06. The molecule has 0 saturated carbocycles. The first kappa shape index (κ1) is 17.3. The van der Waals surface area contributed by atoms with E-state index in [1.807, 2.05) is 6.92 Å². The van der Waals surface area contributed by atoms with E-state index >= 15 is 0 Å². The predicted octanol–water partition coefficient (Wildman–Crippen LogP) is 2.79. The molecule has 3 rings (SSSR count). The molecular weight excluding hydrogens is 338 g/mol. The van der Waals surface area contributed by atoms with Crippen molar-refractivity contribution in [2.75, 3.05) is 31.5 Å². The van der Waals surface area contributed by atoms with Crippen molar-refractivity contribution in [1.82, 2.24) is 14.6 Å². The van der Waals surface area contributed by atoms with Gasteiger partial charge in [-0.15, -0.1) is 10.2 Å². The van der Waals surface area contributed by atoms with Gasteiger partial charge in [0.2, 0.25) is 11.8 Å². The molecule has 3 aromatic rings. The number of nitrogens with one attached hydrogen (secondary N) is 2. The lowest BCUT2D eigenvalue weighted by molar-refractivity contribution is 0.261. The van der Waals surface area contributed by atoms with E-state index in [0.29, 0.717) is 35.3 Å². The third-order valence-electron chi connectivity index (χ3n) is 3.56. The summed E-state index contributed by atoms with van der Waals surface area (Å²) in [4.78, 5) is 12.4. The molecular formula is C17H19N5O4. The molecule has 0 unspecified atom stereocenters. The van der Waals surface area contributed by atoms with Gasteiger partial charge in [0.15, 0.2) is 5.65 Å². The molecule has 2 aromatic heterocycles. The summed E-state index contributed by atoms with van der Waals surface area (Å²) in [6.07, 6.45) is 0. The van der Waals surface area contributed by atoms with Crippen LogP contribution in [0.1, 0.15) is 6.92 Å². The molecule has 9 nitrogen and oxygen atoms in total. The van der Waals surface area contributed by atoms with Gasteiger partial charge < -0.3 is 19.5 Å². The molecule has 2 N–H and O–H groups in total. The van der Waals surface area contributed by atoms with Gasteiger partial charge in [0.1, 0.15) is 11.5 Å². The number of hydrogen-bond donors (Lipinski definition) is 2. The summed E-state index contributed by atoms with van der Waals surface area (Å²) < 4.78 is 17.6. The van der Waals surface area contributed by atoms with Crippen LogP contribution in [-0.4, -0.2) is 41.5 Å². The van der Waals surface area contributed by atoms with Gasteiger partial charge in [-0.25, -0.2) is 9.20 Å².